The second-order valence-electron chi connectivity index (χ2n) is 5.32. The first kappa shape index (κ1) is 12.1. The highest BCUT2D eigenvalue weighted by Gasteiger charge is 2.09. The van der Waals surface area contributed by atoms with E-state index in [1.165, 1.54) is 22.5 Å². The minimum atomic E-state index is 0.248. The Morgan fingerprint density at radius 1 is 1.20 bits per heavy atom. The van der Waals surface area contributed by atoms with Crippen molar-refractivity contribution in [1.82, 2.24) is 4.98 Å². The van der Waals surface area contributed by atoms with Crippen molar-refractivity contribution in [2.45, 2.75) is 48.0 Å². The predicted octanol–water partition coefficient (Wildman–Crippen LogP) is 4.25. The van der Waals surface area contributed by atoms with Crippen LogP contribution in [0.25, 0.3) is 6.08 Å². The molecular weight excluding hydrogens is 182 g/mol. The summed E-state index contributed by atoms with van der Waals surface area (Å²) in [6.45, 7) is 13.2. The van der Waals surface area contributed by atoms with Gasteiger partial charge in [0.15, 0.2) is 0 Å². The third-order valence-electron chi connectivity index (χ3n) is 2.74. The summed E-state index contributed by atoms with van der Waals surface area (Å²) in [4.78, 5) is 3.45. The van der Waals surface area contributed by atoms with Crippen molar-refractivity contribution in [2.24, 2.45) is 5.41 Å². The molecule has 0 atom stereocenters. The molecule has 1 nitrogen and oxygen atoms in total. The molecule has 0 saturated carbocycles. The zero-order valence-corrected chi connectivity index (χ0v) is 10.9. The van der Waals surface area contributed by atoms with Gasteiger partial charge in [0.05, 0.1) is 0 Å². The number of rotatable bonds is 2. The van der Waals surface area contributed by atoms with Gasteiger partial charge in [-0.15, -0.1) is 0 Å². The number of aryl methyl sites for hydroxylation is 1. The van der Waals surface area contributed by atoms with Crippen LogP contribution in [-0.2, 0) is 6.42 Å². The van der Waals surface area contributed by atoms with Gasteiger partial charge in [0.25, 0.3) is 0 Å². The minimum absolute atomic E-state index is 0.248. The fourth-order valence-electron chi connectivity index (χ4n) is 1.85. The number of hydrogen-bond acceptors (Lipinski definition) is 0. The van der Waals surface area contributed by atoms with Crippen molar-refractivity contribution in [1.29, 1.82) is 0 Å². The van der Waals surface area contributed by atoms with Crippen LogP contribution < -0.4 is 0 Å². The molecule has 0 unspecified atom stereocenters. The van der Waals surface area contributed by atoms with Crippen molar-refractivity contribution < 1.29 is 0 Å². The summed E-state index contributed by atoms with van der Waals surface area (Å²) in [5.41, 5.74) is 5.68. The van der Waals surface area contributed by atoms with Crippen molar-refractivity contribution in [3.05, 3.63) is 28.6 Å². The van der Waals surface area contributed by atoms with Crippen LogP contribution in [0.15, 0.2) is 6.08 Å². The molecule has 0 saturated heterocycles. The molecule has 0 radical (unpaired) electrons. The van der Waals surface area contributed by atoms with Gasteiger partial charge in [0, 0.05) is 11.4 Å². The first-order valence-corrected chi connectivity index (χ1v) is 5.72. The molecule has 1 heteroatoms. The molecule has 0 aliphatic rings. The Morgan fingerprint density at radius 3 is 2.20 bits per heavy atom. The lowest BCUT2D eigenvalue weighted by atomic mass is 9.95. The maximum Gasteiger partial charge on any atom is 0.0411 e. The molecule has 0 aromatic carbocycles. The maximum absolute atomic E-state index is 3.45. The summed E-state index contributed by atoms with van der Waals surface area (Å²) >= 11 is 0. The molecule has 0 aliphatic carbocycles. The summed E-state index contributed by atoms with van der Waals surface area (Å²) in [6, 6.07) is 0. The third kappa shape index (κ3) is 2.98. The molecule has 1 rings (SSSR count). The van der Waals surface area contributed by atoms with Gasteiger partial charge in [0.1, 0.15) is 0 Å². The second kappa shape index (κ2) is 4.26. The highest BCUT2D eigenvalue weighted by atomic mass is 14.7. The van der Waals surface area contributed by atoms with E-state index in [2.05, 4.69) is 58.7 Å². The van der Waals surface area contributed by atoms with E-state index < -0.39 is 0 Å². The fraction of sp³-hybridized carbons (Fsp3) is 0.571. The number of nitrogens with one attached hydrogen (secondary N) is 1. The normalized spacial score (nSPS) is 12.7. The van der Waals surface area contributed by atoms with Gasteiger partial charge in [-0.05, 0) is 42.9 Å². The SMILES string of the molecule is CCc1c(C)[nH]c(/C=C/C(C)(C)C)c1C. The lowest BCUT2D eigenvalue weighted by Crippen LogP contribution is -1.98. The van der Waals surface area contributed by atoms with E-state index in [1.54, 1.807) is 0 Å². The topological polar surface area (TPSA) is 15.8 Å². The number of H-pyrrole nitrogens is 1. The Kier molecular flexibility index (Phi) is 3.43. The van der Waals surface area contributed by atoms with E-state index in [-0.39, 0.29) is 5.41 Å². The van der Waals surface area contributed by atoms with E-state index in [9.17, 15) is 0 Å². The van der Waals surface area contributed by atoms with Gasteiger partial charge in [-0.3, -0.25) is 0 Å². The summed E-state index contributed by atoms with van der Waals surface area (Å²) in [5, 5.41) is 0. The molecule has 1 heterocycles. The van der Waals surface area contributed by atoms with Crippen molar-refractivity contribution in [2.75, 3.05) is 0 Å². The van der Waals surface area contributed by atoms with Gasteiger partial charge >= 0.3 is 0 Å². The van der Waals surface area contributed by atoms with Crippen LogP contribution in [0, 0.1) is 19.3 Å². The summed E-state index contributed by atoms with van der Waals surface area (Å²) in [7, 11) is 0. The molecule has 1 aromatic heterocycles. The molecule has 0 aliphatic heterocycles. The molecule has 1 N–H and O–H groups in total. The Bertz CT molecular complexity index is 361. The number of aromatic amines is 1. The monoisotopic (exact) mass is 205 g/mol. The average molecular weight is 205 g/mol. The first-order valence-electron chi connectivity index (χ1n) is 5.72. The zero-order chi connectivity index (χ0) is 11.6. The zero-order valence-electron chi connectivity index (χ0n) is 10.9. The molecule has 0 amide bonds. The molecular formula is C14H23N. The average Bonchev–Trinajstić information content (AvgIpc) is 2.37. The smallest absolute Gasteiger partial charge is 0.0411 e. The van der Waals surface area contributed by atoms with Crippen LogP contribution in [0.1, 0.15) is 50.2 Å². The van der Waals surface area contributed by atoms with E-state index in [1.807, 2.05) is 0 Å². The van der Waals surface area contributed by atoms with Crippen LogP contribution in [0.3, 0.4) is 0 Å². The van der Waals surface area contributed by atoms with E-state index in [0.717, 1.165) is 6.42 Å². The van der Waals surface area contributed by atoms with E-state index in [4.69, 9.17) is 0 Å². The van der Waals surface area contributed by atoms with Crippen LogP contribution in [0.2, 0.25) is 0 Å². The molecule has 1 aromatic rings. The van der Waals surface area contributed by atoms with Gasteiger partial charge < -0.3 is 4.98 Å². The molecule has 0 spiro atoms. The van der Waals surface area contributed by atoms with Crippen LogP contribution in [-0.4, -0.2) is 4.98 Å². The Balaban J connectivity index is 3.02. The Hall–Kier alpha value is -0.980. The van der Waals surface area contributed by atoms with E-state index >= 15 is 0 Å². The summed E-state index contributed by atoms with van der Waals surface area (Å²) in [6.07, 6.45) is 5.57. The highest BCUT2D eigenvalue weighted by Crippen LogP contribution is 2.22. The van der Waals surface area contributed by atoms with Crippen molar-refractivity contribution in [3.8, 4) is 0 Å². The second-order valence-corrected chi connectivity index (χ2v) is 5.32. The fourth-order valence-corrected chi connectivity index (χ4v) is 1.85. The van der Waals surface area contributed by atoms with Crippen molar-refractivity contribution in [3.63, 3.8) is 0 Å². The molecule has 0 fully saturated rings. The van der Waals surface area contributed by atoms with Crippen LogP contribution in [0.5, 0.6) is 0 Å². The Labute approximate surface area is 93.6 Å². The van der Waals surface area contributed by atoms with Crippen LogP contribution in [0.4, 0.5) is 0 Å². The number of aromatic nitrogens is 1. The first-order chi connectivity index (χ1) is 6.85. The standard InChI is InChI=1S/C14H23N/c1-7-12-10(2)13(15-11(12)3)8-9-14(4,5)6/h8-9,15H,7H2,1-6H3/b9-8+. The van der Waals surface area contributed by atoms with E-state index in [0.29, 0.717) is 0 Å². The molecule has 0 bridgehead atoms. The maximum atomic E-state index is 3.45. The quantitative estimate of drug-likeness (QED) is 0.742. The van der Waals surface area contributed by atoms with Gasteiger partial charge in [-0.1, -0.05) is 33.8 Å². The van der Waals surface area contributed by atoms with Crippen molar-refractivity contribution >= 4 is 6.08 Å². The van der Waals surface area contributed by atoms with Crippen LogP contribution >= 0.6 is 0 Å². The summed E-state index contributed by atoms with van der Waals surface area (Å²) in [5.74, 6) is 0. The highest BCUT2D eigenvalue weighted by molar-refractivity contribution is 5.54. The lowest BCUT2D eigenvalue weighted by Gasteiger charge is -2.10. The van der Waals surface area contributed by atoms with Gasteiger partial charge in [-0.25, -0.2) is 0 Å². The lowest BCUT2D eigenvalue weighted by molar-refractivity contribution is 0.547. The third-order valence-corrected chi connectivity index (χ3v) is 2.74. The van der Waals surface area contributed by atoms with Gasteiger partial charge in [-0.2, -0.15) is 0 Å². The Morgan fingerprint density at radius 2 is 1.80 bits per heavy atom. The minimum Gasteiger partial charge on any atom is -0.359 e. The molecule has 84 valence electrons. The summed E-state index contributed by atoms with van der Waals surface area (Å²) < 4.78 is 0. The predicted molar refractivity (Wildman–Crippen MR) is 68.1 cm³/mol. The largest absolute Gasteiger partial charge is 0.359 e. The molecule has 15 heavy (non-hydrogen) atoms. The van der Waals surface area contributed by atoms with Gasteiger partial charge in [0.2, 0.25) is 0 Å². The number of allylic oxidation sites excluding steroid dienone is 1. The number of hydrogen-bond donors (Lipinski definition) is 1.